The fourth-order valence-electron chi connectivity index (χ4n) is 13.3. The monoisotopic (exact) mass is 751 g/mol. The summed E-state index contributed by atoms with van der Waals surface area (Å²) >= 11 is 1.88. The molecule has 0 atom stereocenters. The standard InChI is InChI=1S/C55H45NS/c1-54(2)48-12-6-3-9-42(48)44-22-20-40(31-50(44)54)56(39-18-15-35(16-19-39)36-17-24-53-47(30-36)46-11-5-8-14-52(46)57-53)41-21-23-45-43-10-4-7-13-49(43)55(51(45)32-41)37-26-33-25-34(28-37)29-38(55)27-33/h3-24,30-34,37-38H,25-29H2,1-2H3. The van der Waals surface area contributed by atoms with Gasteiger partial charge >= 0.3 is 0 Å². The van der Waals surface area contributed by atoms with Crippen LogP contribution in [-0.4, -0.2) is 0 Å². The highest BCUT2D eigenvalue weighted by atomic mass is 32.1. The maximum absolute atomic E-state index is 2.65. The van der Waals surface area contributed by atoms with Gasteiger partial charge in [0.2, 0.25) is 0 Å². The molecule has 4 fully saturated rings. The van der Waals surface area contributed by atoms with Gasteiger partial charge in [-0.1, -0.05) is 111 Å². The third kappa shape index (κ3) is 4.40. The normalized spacial score (nSPS) is 24.2. The van der Waals surface area contributed by atoms with Gasteiger partial charge in [0.15, 0.2) is 0 Å². The molecule has 1 spiro atoms. The molecule has 2 heteroatoms. The minimum absolute atomic E-state index is 0.0774. The third-order valence-electron chi connectivity index (χ3n) is 15.5. The van der Waals surface area contributed by atoms with Gasteiger partial charge in [0.1, 0.15) is 0 Å². The lowest BCUT2D eigenvalue weighted by atomic mass is 9.43. The first-order valence-electron chi connectivity index (χ1n) is 21.3. The molecule has 0 N–H and O–H groups in total. The summed E-state index contributed by atoms with van der Waals surface area (Å²) < 4.78 is 2.70. The minimum Gasteiger partial charge on any atom is -0.310 e. The zero-order chi connectivity index (χ0) is 37.6. The maximum atomic E-state index is 2.65. The zero-order valence-corrected chi connectivity index (χ0v) is 33.5. The molecule has 4 saturated carbocycles. The van der Waals surface area contributed by atoms with Crippen molar-refractivity contribution in [3.05, 3.63) is 174 Å². The van der Waals surface area contributed by atoms with Crippen molar-refractivity contribution in [3.63, 3.8) is 0 Å². The molecule has 8 aromatic rings. The van der Waals surface area contributed by atoms with E-state index in [1.807, 2.05) is 11.3 Å². The lowest BCUT2D eigenvalue weighted by molar-refractivity contribution is -0.0399. The van der Waals surface area contributed by atoms with Gasteiger partial charge in [-0.05, 0) is 166 Å². The van der Waals surface area contributed by atoms with Gasteiger partial charge in [-0.3, -0.25) is 0 Å². The van der Waals surface area contributed by atoms with E-state index in [0.717, 1.165) is 23.7 Å². The second kappa shape index (κ2) is 11.6. The molecule has 4 bridgehead atoms. The van der Waals surface area contributed by atoms with E-state index >= 15 is 0 Å². The van der Waals surface area contributed by atoms with Gasteiger partial charge in [-0.15, -0.1) is 11.3 Å². The summed E-state index contributed by atoms with van der Waals surface area (Å²) in [6.07, 6.45) is 7.04. The SMILES string of the molecule is CC1(C)c2ccccc2-c2ccc(N(c3ccc(-c4ccc5sc6ccccc6c5c4)cc3)c3ccc4c(c3)C3(c5ccccc5-4)C4CC5CC(C4)CC3C5)cc21. The molecule has 14 rings (SSSR count). The summed E-state index contributed by atoms with van der Waals surface area (Å²) in [5, 5.41) is 2.69. The molecule has 1 nitrogen and oxygen atoms in total. The average molecular weight is 752 g/mol. The third-order valence-corrected chi connectivity index (χ3v) is 16.6. The fraction of sp³-hybridized carbons (Fsp3) is 0.236. The number of anilines is 3. The van der Waals surface area contributed by atoms with Crippen molar-refractivity contribution >= 4 is 48.6 Å². The summed E-state index contributed by atoms with van der Waals surface area (Å²) in [6.45, 7) is 4.80. The van der Waals surface area contributed by atoms with E-state index < -0.39 is 0 Å². The summed E-state index contributed by atoms with van der Waals surface area (Å²) in [4.78, 5) is 2.56. The van der Waals surface area contributed by atoms with Crippen molar-refractivity contribution in [1.82, 2.24) is 0 Å². The molecule has 6 aliphatic rings. The van der Waals surface area contributed by atoms with Crippen LogP contribution in [0.4, 0.5) is 17.1 Å². The van der Waals surface area contributed by atoms with Crippen molar-refractivity contribution in [3.8, 4) is 33.4 Å². The van der Waals surface area contributed by atoms with Crippen LogP contribution >= 0.6 is 11.3 Å². The molecule has 1 heterocycles. The largest absolute Gasteiger partial charge is 0.310 e. The number of benzene rings is 7. The van der Waals surface area contributed by atoms with Crippen LogP contribution in [0.2, 0.25) is 0 Å². The molecule has 0 unspecified atom stereocenters. The maximum Gasteiger partial charge on any atom is 0.0465 e. The Morgan fingerprint density at radius 1 is 0.439 bits per heavy atom. The van der Waals surface area contributed by atoms with Crippen LogP contribution < -0.4 is 4.90 Å². The van der Waals surface area contributed by atoms with Gasteiger partial charge in [0, 0.05) is 48.1 Å². The molecule has 0 saturated heterocycles. The van der Waals surface area contributed by atoms with Crippen LogP contribution in [0.3, 0.4) is 0 Å². The quantitative estimate of drug-likeness (QED) is 0.173. The van der Waals surface area contributed by atoms with E-state index in [1.165, 1.54) is 114 Å². The Bertz CT molecular complexity index is 2930. The fourth-order valence-corrected chi connectivity index (χ4v) is 14.4. The van der Waals surface area contributed by atoms with Crippen LogP contribution in [0.1, 0.15) is 68.2 Å². The summed E-state index contributed by atoms with van der Waals surface area (Å²) in [5.41, 5.74) is 18.0. The van der Waals surface area contributed by atoms with Crippen molar-refractivity contribution in [2.75, 3.05) is 4.90 Å². The number of thiophene rings is 1. The number of hydrogen-bond acceptors (Lipinski definition) is 2. The average Bonchev–Trinajstić information content (AvgIpc) is 3.83. The Labute approximate surface area is 339 Å². The van der Waals surface area contributed by atoms with E-state index in [1.54, 1.807) is 11.1 Å². The van der Waals surface area contributed by atoms with Crippen LogP contribution in [0.5, 0.6) is 0 Å². The van der Waals surface area contributed by atoms with Gasteiger partial charge in [-0.2, -0.15) is 0 Å². The molecule has 7 aromatic carbocycles. The van der Waals surface area contributed by atoms with Crippen LogP contribution in [-0.2, 0) is 10.8 Å². The minimum atomic E-state index is -0.0774. The molecular formula is C55H45NS. The molecule has 0 aliphatic heterocycles. The lowest BCUT2D eigenvalue weighted by Crippen LogP contribution is -2.55. The second-order valence-electron chi connectivity index (χ2n) is 18.5. The lowest BCUT2D eigenvalue weighted by Gasteiger charge is -2.61. The van der Waals surface area contributed by atoms with E-state index in [-0.39, 0.29) is 10.8 Å². The molecule has 276 valence electrons. The van der Waals surface area contributed by atoms with Crippen LogP contribution in [0, 0.1) is 23.7 Å². The van der Waals surface area contributed by atoms with Crippen molar-refractivity contribution in [1.29, 1.82) is 0 Å². The highest BCUT2D eigenvalue weighted by molar-refractivity contribution is 7.25. The topological polar surface area (TPSA) is 3.24 Å². The Morgan fingerprint density at radius 3 is 1.72 bits per heavy atom. The summed E-state index contributed by atoms with van der Waals surface area (Å²) in [5.74, 6) is 3.31. The van der Waals surface area contributed by atoms with Crippen molar-refractivity contribution in [2.24, 2.45) is 23.7 Å². The first-order valence-corrected chi connectivity index (χ1v) is 22.1. The van der Waals surface area contributed by atoms with Crippen LogP contribution in [0.15, 0.2) is 152 Å². The van der Waals surface area contributed by atoms with Crippen molar-refractivity contribution in [2.45, 2.75) is 56.8 Å². The highest BCUT2D eigenvalue weighted by Crippen LogP contribution is 2.69. The summed E-state index contributed by atoms with van der Waals surface area (Å²) in [6, 6.07) is 58.5. The Hall–Kier alpha value is -5.44. The number of rotatable bonds is 4. The number of fused-ring (bicyclic) bond motifs is 9. The predicted octanol–water partition coefficient (Wildman–Crippen LogP) is 15.2. The molecule has 57 heavy (non-hydrogen) atoms. The second-order valence-corrected chi connectivity index (χ2v) is 19.6. The van der Waals surface area contributed by atoms with Crippen LogP contribution in [0.25, 0.3) is 53.6 Å². The van der Waals surface area contributed by atoms with E-state index in [0.29, 0.717) is 0 Å². The van der Waals surface area contributed by atoms with Gasteiger partial charge in [0.25, 0.3) is 0 Å². The molecule has 0 amide bonds. The Balaban J connectivity index is 0.980. The molecule has 0 radical (unpaired) electrons. The molecular weight excluding hydrogens is 707 g/mol. The highest BCUT2D eigenvalue weighted by Gasteiger charge is 2.61. The smallest absolute Gasteiger partial charge is 0.0465 e. The Kier molecular flexibility index (Phi) is 6.63. The Morgan fingerprint density at radius 2 is 0.982 bits per heavy atom. The van der Waals surface area contributed by atoms with Crippen molar-refractivity contribution < 1.29 is 0 Å². The van der Waals surface area contributed by atoms with Gasteiger partial charge in [0.05, 0.1) is 0 Å². The number of hydrogen-bond donors (Lipinski definition) is 0. The summed E-state index contributed by atoms with van der Waals surface area (Å²) in [7, 11) is 0. The van der Waals surface area contributed by atoms with E-state index in [2.05, 4.69) is 170 Å². The first kappa shape index (κ1) is 32.6. The molecule has 1 aromatic heterocycles. The van der Waals surface area contributed by atoms with Gasteiger partial charge in [-0.25, -0.2) is 0 Å². The molecule has 6 aliphatic carbocycles. The van der Waals surface area contributed by atoms with E-state index in [9.17, 15) is 0 Å². The first-order chi connectivity index (χ1) is 27.9. The van der Waals surface area contributed by atoms with E-state index in [4.69, 9.17) is 0 Å². The zero-order valence-electron chi connectivity index (χ0n) is 32.6. The predicted molar refractivity (Wildman–Crippen MR) is 240 cm³/mol. The number of nitrogens with zero attached hydrogens (tertiary/aromatic N) is 1. The van der Waals surface area contributed by atoms with Gasteiger partial charge < -0.3 is 4.90 Å².